The lowest BCUT2D eigenvalue weighted by molar-refractivity contribution is 0.102. The number of nitrogens with zero attached hydrogens (tertiary/aromatic N) is 4. The average molecular weight is 428 g/mol. The van der Waals surface area contributed by atoms with Crippen LogP contribution in [0.2, 0.25) is 0 Å². The van der Waals surface area contributed by atoms with Crippen molar-refractivity contribution in [1.82, 2.24) is 20.0 Å². The van der Waals surface area contributed by atoms with Gasteiger partial charge in [-0.1, -0.05) is 44.6 Å². The first-order chi connectivity index (χ1) is 12.5. The van der Waals surface area contributed by atoms with Gasteiger partial charge in [0.2, 0.25) is 0 Å². The van der Waals surface area contributed by atoms with Crippen LogP contribution in [0.25, 0.3) is 15.9 Å². The average Bonchev–Trinajstić information content (AvgIpc) is 3.17. The Morgan fingerprint density at radius 1 is 1.19 bits per heavy atom. The molecule has 0 atom stereocenters. The first-order valence-corrected chi connectivity index (χ1v) is 9.49. The number of hydrogen-bond acceptors (Lipinski definition) is 5. The van der Waals surface area contributed by atoms with Crippen molar-refractivity contribution in [1.29, 1.82) is 0 Å². The monoisotopic (exact) mass is 427 g/mol. The first-order valence-electron chi connectivity index (χ1n) is 7.88. The molecule has 0 saturated heterocycles. The summed E-state index contributed by atoms with van der Waals surface area (Å²) in [4.78, 5) is 17.1. The van der Waals surface area contributed by atoms with E-state index in [2.05, 4.69) is 42.6 Å². The molecule has 1 N–H and O–H groups in total. The summed E-state index contributed by atoms with van der Waals surface area (Å²) in [5.74, 6) is -0.320. The number of aromatic nitrogens is 4. The smallest absolute Gasteiger partial charge is 0.279 e. The van der Waals surface area contributed by atoms with Crippen LogP contribution in [-0.2, 0) is 0 Å². The summed E-state index contributed by atoms with van der Waals surface area (Å²) in [5, 5.41) is 11.5. The quantitative estimate of drug-likeness (QED) is 0.521. The van der Waals surface area contributed by atoms with Gasteiger partial charge in [-0.05, 0) is 49.7 Å². The number of carbonyl (C=O) groups excluding carboxylic acids is 1. The minimum atomic E-state index is -0.320. The van der Waals surface area contributed by atoms with Crippen molar-refractivity contribution in [2.24, 2.45) is 0 Å². The highest BCUT2D eigenvalue weighted by atomic mass is 79.9. The number of thiazole rings is 1. The van der Waals surface area contributed by atoms with Gasteiger partial charge < -0.3 is 0 Å². The van der Waals surface area contributed by atoms with E-state index in [-0.39, 0.29) is 11.6 Å². The highest BCUT2D eigenvalue weighted by Crippen LogP contribution is 2.27. The predicted molar refractivity (Wildman–Crippen MR) is 106 cm³/mol. The molecule has 1 amide bonds. The lowest BCUT2D eigenvalue weighted by atomic mass is 10.2. The number of fused-ring (bicyclic) bond motifs is 1. The molecule has 0 aliphatic rings. The van der Waals surface area contributed by atoms with Gasteiger partial charge in [0, 0.05) is 4.47 Å². The Hall–Kier alpha value is -2.58. The fraction of sp³-hybridized carbons (Fsp3) is 0.111. The number of anilines is 1. The van der Waals surface area contributed by atoms with Gasteiger partial charge in [0.15, 0.2) is 10.8 Å². The van der Waals surface area contributed by atoms with E-state index < -0.39 is 0 Å². The number of rotatable bonds is 3. The number of halogens is 1. The Morgan fingerprint density at radius 2 is 2.04 bits per heavy atom. The van der Waals surface area contributed by atoms with E-state index in [0.29, 0.717) is 10.8 Å². The zero-order chi connectivity index (χ0) is 18.3. The molecule has 0 bridgehead atoms. The highest BCUT2D eigenvalue weighted by Gasteiger charge is 2.19. The molecule has 2 aromatic heterocycles. The van der Waals surface area contributed by atoms with Crippen molar-refractivity contribution in [2.75, 3.05) is 5.32 Å². The molecule has 0 fully saturated rings. The molecular weight excluding hydrogens is 414 g/mol. The third-order valence-corrected chi connectivity index (χ3v) is 5.35. The fourth-order valence-electron chi connectivity index (χ4n) is 2.63. The molecule has 0 radical (unpaired) electrons. The second kappa shape index (κ2) is 6.62. The molecule has 8 heteroatoms. The number of benzene rings is 2. The van der Waals surface area contributed by atoms with E-state index in [9.17, 15) is 4.79 Å². The van der Waals surface area contributed by atoms with E-state index >= 15 is 0 Å². The normalized spacial score (nSPS) is 11.0. The Bertz CT molecular complexity index is 1130. The Balaban J connectivity index is 1.62. The van der Waals surface area contributed by atoms with Gasteiger partial charge >= 0.3 is 0 Å². The highest BCUT2D eigenvalue weighted by molar-refractivity contribution is 9.10. The summed E-state index contributed by atoms with van der Waals surface area (Å²) in [5.41, 5.74) is 3.80. The van der Waals surface area contributed by atoms with Crippen molar-refractivity contribution in [3.05, 3.63) is 63.9 Å². The summed E-state index contributed by atoms with van der Waals surface area (Å²) < 4.78 is 3.61. The van der Waals surface area contributed by atoms with Crippen molar-refractivity contribution < 1.29 is 4.79 Å². The minimum Gasteiger partial charge on any atom is -0.296 e. The van der Waals surface area contributed by atoms with Crippen LogP contribution in [0.1, 0.15) is 21.7 Å². The maximum Gasteiger partial charge on any atom is 0.279 e. The van der Waals surface area contributed by atoms with Gasteiger partial charge in [0.25, 0.3) is 5.91 Å². The Kier molecular flexibility index (Phi) is 4.29. The maximum absolute atomic E-state index is 12.6. The summed E-state index contributed by atoms with van der Waals surface area (Å²) in [7, 11) is 0. The van der Waals surface area contributed by atoms with Crippen LogP contribution in [0, 0.1) is 13.8 Å². The van der Waals surface area contributed by atoms with Crippen molar-refractivity contribution >= 4 is 48.5 Å². The van der Waals surface area contributed by atoms with E-state index in [1.54, 1.807) is 4.68 Å². The van der Waals surface area contributed by atoms with Crippen molar-refractivity contribution in [3.63, 3.8) is 0 Å². The number of nitrogens with one attached hydrogen (secondary N) is 1. The van der Waals surface area contributed by atoms with Gasteiger partial charge in [-0.3, -0.25) is 10.1 Å². The number of amides is 1. The van der Waals surface area contributed by atoms with Gasteiger partial charge in [-0.2, -0.15) is 0 Å². The van der Waals surface area contributed by atoms with E-state index in [1.165, 1.54) is 11.3 Å². The predicted octanol–water partition coefficient (Wildman–Crippen LogP) is 4.51. The molecular formula is C18H14BrN5OS. The van der Waals surface area contributed by atoms with E-state index in [0.717, 1.165) is 25.9 Å². The zero-order valence-electron chi connectivity index (χ0n) is 14.0. The third kappa shape index (κ3) is 3.13. The lowest BCUT2D eigenvalue weighted by Crippen LogP contribution is -2.14. The van der Waals surface area contributed by atoms with Crippen molar-refractivity contribution in [2.45, 2.75) is 13.8 Å². The molecule has 4 rings (SSSR count). The van der Waals surface area contributed by atoms with Gasteiger partial charge in [-0.25, -0.2) is 9.67 Å². The second-order valence-corrected chi connectivity index (χ2v) is 7.81. The van der Waals surface area contributed by atoms with Crippen LogP contribution >= 0.6 is 27.3 Å². The molecule has 130 valence electrons. The van der Waals surface area contributed by atoms with Gasteiger partial charge in [-0.15, -0.1) is 5.10 Å². The van der Waals surface area contributed by atoms with E-state index in [1.807, 2.05) is 50.2 Å². The number of carbonyl (C=O) groups is 1. The Labute approximate surface area is 162 Å². The van der Waals surface area contributed by atoms with Gasteiger partial charge in [0.1, 0.15) is 0 Å². The van der Waals surface area contributed by atoms with E-state index in [4.69, 9.17) is 0 Å². The molecule has 2 aromatic carbocycles. The first kappa shape index (κ1) is 16.9. The summed E-state index contributed by atoms with van der Waals surface area (Å²) in [6.45, 7) is 3.85. The van der Waals surface area contributed by atoms with Crippen LogP contribution in [0.3, 0.4) is 0 Å². The molecule has 0 spiro atoms. The molecule has 6 nitrogen and oxygen atoms in total. The van der Waals surface area contributed by atoms with Crippen LogP contribution < -0.4 is 5.32 Å². The molecule has 0 aliphatic heterocycles. The standard InChI is InChI=1S/C18H14BrN5OS/c1-10-6-7-14-15(8-10)26-18(20-14)21-17(25)16-11(2)24(23-22-16)13-5-3-4-12(19)9-13/h3-9H,1-2H3,(H,20,21,25). The third-order valence-electron chi connectivity index (χ3n) is 3.93. The zero-order valence-corrected chi connectivity index (χ0v) is 16.4. The number of aryl methyl sites for hydroxylation is 1. The molecule has 0 unspecified atom stereocenters. The SMILES string of the molecule is Cc1ccc2nc(NC(=O)c3nnn(-c4cccc(Br)c4)c3C)sc2c1. The van der Waals surface area contributed by atoms with Crippen LogP contribution in [0.5, 0.6) is 0 Å². The number of hydrogen-bond donors (Lipinski definition) is 1. The summed E-state index contributed by atoms with van der Waals surface area (Å²) in [6.07, 6.45) is 0. The maximum atomic E-state index is 12.6. The molecule has 2 heterocycles. The Morgan fingerprint density at radius 3 is 2.85 bits per heavy atom. The molecule has 0 saturated carbocycles. The molecule has 26 heavy (non-hydrogen) atoms. The van der Waals surface area contributed by atoms with Crippen LogP contribution in [0.4, 0.5) is 5.13 Å². The lowest BCUT2D eigenvalue weighted by Gasteiger charge is -2.04. The van der Waals surface area contributed by atoms with Crippen molar-refractivity contribution in [3.8, 4) is 5.69 Å². The fourth-order valence-corrected chi connectivity index (χ4v) is 3.98. The largest absolute Gasteiger partial charge is 0.296 e. The van der Waals surface area contributed by atoms with Crippen LogP contribution in [0.15, 0.2) is 46.9 Å². The summed E-state index contributed by atoms with van der Waals surface area (Å²) in [6, 6.07) is 13.7. The van der Waals surface area contributed by atoms with Crippen LogP contribution in [-0.4, -0.2) is 25.9 Å². The summed E-state index contributed by atoms with van der Waals surface area (Å²) >= 11 is 4.88. The topological polar surface area (TPSA) is 72.7 Å². The molecule has 0 aliphatic carbocycles. The second-order valence-electron chi connectivity index (χ2n) is 5.86. The molecule has 4 aromatic rings. The van der Waals surface area contributed by atoms with Gasteiger partial charge in [0.05, 0.1) is 21.6 Å². The minimum absolute atomic E-state index is 0.278.